The van der Waals surface area contributed by atoms with Crippen LogP contribution in [-0.4, -0.2) is 68.4 Å². The van der Waals surface area contributed by atoms with Gasteiger partial charge in [0.25, 0.3) is 11.7 Å². The number of fused-ring (bicyclic) bond motifs is 1. The Morgan fingerprint density at radius 1 is 1.52 bits per heavy atom. The number of aliphatic hydroxyl groups excluding tert-OH is 1. The van der Waals surface area contributed by atoms with Crippen LogP contribution >= 0.6 is 0 Å². The number of aliphatic hydroxyl groups is 1. The second-order valence-electron chi connectivity index (χ2n) is 5.14. The van der Waals surface area contributed by atoms with Gasteiger partial charge in [-0.15, -0.1) is 10.2 Å². The molecule has 0 spiro atoms. The van der Waals surface area contributed by atoms with E-state index >= 15 is 0 Å². The molecule has 2 aromatic rings. The highest BCUT2D eigenvalue weighted by atomic mass is 16.5. The zero-order valence-corrected chi connectivity index (χ0v) is 11.8. The topological polar surface area (TPSA) is 92.9 Å². The van der Waals surface area contributed by atoms with Crippen molar-refractivity contribution < 1.29 is 14.6 Å². The predicted octanol–water partition coefficient (Wildman–Crippen LogP) is -0.486. The van der Waals surface area contributed by atoms with Crippen molar-refractivity contribution in [3.63, 3.8) is 0 Å². The average molecular weight is 291 g/mol. The molecule has 1 aliphatic rings. The van der Waals surface area contributed by atoms with Gasteiger partial charge >= 0.3 is 0 Å². The predicted molar refractivity (Wildman–Crippen MR) is 72.8 cm³/mol. The third-order valence-corrected chi connectivity index (χ3v) is 3.49. The van der Waals surface area contributed by atoms with Crippen LogP contribution in [0.3, 0.4) is 0 Å². The number of carbonyl (C=O) groups is 1. The molecule has 1 N–H and O–H groups in total. The monoisotopic (exact) mass is 291 g/mol. The minimum Gasteiger partial charge on any atom is -0.396 e. The molecule has 0 saturated carbocycles. The van der Waals surface area contributed by atoms with Gasteiger partial charge in [0.2, 0.25) is 5.82 Å². The number of hydrogen-bond acceptors (Lipinski definition) is 6. The molecule has 3 rings (SSSR count). The summed E-state index contributed by atoms with van der Waals surface area (Å²) >= 11 is 0. The first-order valence-electron chi connectivity index (χ1n) is 6.85. The molecule has 1 unspecified atom stereocenters. The van der Waals surface area contributed by atoms with Crippen LogP contribution in [0.5, 0.6) is 0 Å². The van der Waals surface area contributed by atoms with Crippen LogP contribution in [0.25, 0.3) is 5.78 Å². The normalized spacial score (nSPS) is 19.7. The van der Waals surface area contributed by atoms with E-state index in [4.69, 9.17) is 4.74 Å². The highest BCUT2D eigenvalue weighted by Crippen LogP contribution is 2.11. The molecular weight excluding hydrogens is 274 g/mol. The van der Waals surface area contributed by atoms with Crippen molar-refractivity contribution in [2.24, 2.45) is 5.92 Å². The van der Waals surface area contributed by atoms with Gasteiger partial charge in [0.05, 0.1) is 13.2 Å². The van der Waals surface area contributed by atoms with Gasteiger partial charge < -0.3 is 14.7 Å². The minimum atomic E-state index is -0.225. The molecule has 0 aliphatic carbocycles. The lowest BCUT2D eigenvalue weighted by atomic mass is 10.1. The van der Waals surface area contributed by atoms with E-state index in [0.29, 0.717) is 32.1 Å². The van der Waals surface area contributed by atoms with Crippen molar-refractivity contribution >= 4 is 11.7 Å². The number of carbonyl (C=O) groups excluding carboxylic acids is 1. The molecule has 8 nitrogen and oxygen atoms in total. The van der Waals surface area contributed by atoms with E-state index in [1.807, 2.05) is 6.92 Å². The molecule has 1 amide bonds. The van der Waals surface area contributed by atoms with Crippen molar-refractivity contribution in [1.29, 1.82) is 0 Å². The Hall–Kier alpha value is -2.06. The molecule has 1 atom stereocenters. The highest BCUT2D eigenvalue weighted by molar-refractivity contribution is 5.91. The molecule has 0 bridgehead atoms. The Morgan fingerprint density at radius 3 is 3.19 bits per heavy atom. The smallest absolute Gasteiger partial charge is 0.292 e. The SMILES string of the molecule is Cc1ccn2c(C(=O)N3CCOCC(CO)C3)nnc2n1. The summed E-state index contributed by atoms with van der Waals surface area (Å²) in [6.45, 7) is 3.68. The third kappa shape index (κ3) is 2.72. The maximum Gasteiger partial charge on any atom is 0.292 e. The van der Waals surface area contributed by atoms with Gasteiger partial charge in [0.15, 0.2) is 0 Å². The number of aryl methyl sites for hydroxylation is 1. The van der Waals surface area contributed by atoms with Gasteiger partial charge in [-0.05, 0) is 13.0 Å². The largest absolute Gasteiger partial charge is 0.396 e. The summed E-state index contributed by atoms with van der Waals surface area (Å²) in [6, 6.07) is 1.80. The molecule has 1 saturated heterocycles. The Balaban J connectivity index is 1.89. The third-order valence-electron chi connectivity index (χ3n) is 3.49. The van der Waals surface area contributed by atoms with Gasteiger partial charge in [-0.2, -0.15) is 0 Å². The molecule has 3 heterocycles. The first-order chi connectivity index (χ1) is 10.2. The lowest BCUT2D eigenvalue weighted by Gasteiger charge is -2.21. The van der Waals surface area contributed by atoms with Crippen LogP contribution in [-0.2, 0) is 4.74 Å². The molecular formula is C13H17N5O3. The van der Waals surface area contributed by atoms with Gasteiger partial charge in [-0.25, -0.2) is 4.98 Å². The van der Waals surface area contributed by atoms with Crippen LogP contribution in [0.1, 0.15) is 16.3 Å². The number of nitrogens with zero attached hydrogens (tertiary/aromatic N) is 5. The lowest BCUT2D eigenvalue weighted by Crippen LogP contribution is -2.37. The Labute approximate surface area is 121 Å². The van der Waals surface area contributed by atoms with Gasteiger partial charge in [0.1, 0.15) is 0 Å². The van der Waals surface area contributed by atoms with Gasteiger partial charge in [-0.1, -0.05) is 0 Å². The Bertz CT molecular complexity index is 656. The number of rotatable bonds is 2. The molecule has 1 fully saturated rings. The first-order valence-corrected chi connectivity index (χ1v) is 6.85. The average Bonchev–Trinajstić information content (AvgIpc) is 2.75. The van der Waals surface area contributed by atoms with Crippen LogP contribution in [0, 0.1) is 12.8 Å². The fourth-order valence-corrected chi connectivity index (χ4v) is 2.34. The molecule has 2 aromatic heterocycles. The summed E-state index contributed by atoms with van der Waals surface area (Å²) in [6.07, 6.45) is 1.74. The van der Waals surface area contributed by atoms with Crippen molar-refractivity contribution in [1.82, 2.24) is 24.5 Å². The van der Waals surface area contributed by atoms with Crippen molar-refractivity contribution in [2.75, 3.05) is 32.9 Å². The standard InChI is InChI=1S/C13H17N5O3/c1-9-2-3-18-11(15-16-13(18)14-9)12(20)17-4-5-21-8-10(6-17)7-19/h2-3,10,19H,4-8H2,1H3. The van der Waals surface area contributed by atoms with Crippen molar-refractivity contribution in [3.8, 4) is 0 Å². The minimum absolute atomic E-state index is 0.00882. The molecule has 8 heteroatoms. The Morgan fingerprint density at radius 2 is 2.38 bits per heavy atom. The number of ether oxygens (including phenoxy) is 1. The maximum atomic E-state index is 12.6. The zero-order valence-electron chi connectivity index (χ0n) is 11.8. The number of amides is 1. The van der Waals surface area contributed by atoms with Crippen molar-refractivity contribution in [3.05, 3.63) is 23.8 Å². The summed E-state index contributed by atoms with van der Waals surface area (Å²) in [7, 11) is 0. The summed E-state index contributed by atoms with van der Waals surface area (Å²) in [5.41, 5.74) is 0.817. The van der Waals surface area contributed by atoms with E-state index in [-0.39, 0.29) is 24.3 Å². The van der Waals surface area contributed by atoms with E-state index < -0.39 is 0 Å². The Kier molecular flexibility index (Phi) is 3.80. The molecule has 0 aromatic carbocycles. The first kappa shape index (κ1) is 13.9. The van der Waals surface area contributed by atoms with E-state index in [1.165, 1.54) is 0 Å². The van der Waals surface area contributed by atoms with Crippen molar-refractivity contribution in [2.45, 2.75) is 6.92 Å². The lowest BCUT2D eigenvalue weighted by molar-refractivity contribution is 0.0714. The zero-order chi connectivity index (χ0) is 14.8. The fourth-order valence-electron chi connectivity index (χ4n) is 2.34. The van der Waals surface area contributed by atoms with Crippen LogP contribution in [0.15, 0.2) is 12.3 Å². The van der Waals surface area contributed by atoms with Crippen LogP contribution in [0.4, 0.5) is 0 Å². The molecule has 21 heavy (non-hydrogen) atoms. The second-order valence-corrected chi connectivity index (χ2v) is 5.14. The summed E-state index contributed by atoms with van der Waals surface area (Å²) < 4.78 is 6.97. The summed E-state index contributed by atoms with van der Waals surface area (Å²) in [5, 5.41) is 17.2. The molecule has 1 aliphatic heterocycles. The van der Waals surface area contributed by atoms with Crippen LogP contribution < -0.4 is 0 Å². The van der Waals surface area contributed by atoms with E-state index in [2.05, 4.69) is 15.2 Å². The quantitative estimate of drug-likeness (QED) is 0.803. The van der Waals surface area contributed by atoms with Gasteiger partial charge in [0, 0.05) is 37.5 Å². The second kappa shape index (κ2) is 5.74. The van der Waals surface area contributed by atoms with Crippen LogP contribution in [0.2, 0.25) is 0 Å². The fraction of sp³-hybridized carbons (Fsp3) is 0.538. The summed E-state index contributed by atoms with van der Waals surface area (Å²) in [5.74, 6) is 0.340. The maximum absolute atomic E-state index is 12.6. The highest BCUT2D eigenvalue weighted by Gasteiger charge is 2.26. The summed E-state index contributed by atoms with van der Waals surface area (Å²) in [4.78, 5) is 18.5. The van der Waals surface area contributed by atoms with E-state index in [9.17, 15) is 9.90 Å². The molecule has 0 radical (unpaired) electrons. The molecule has 112 valence electrons. The number of hydrogen-bond donors (Lipinski definition) is 1. The van der Waals surface area contributed by atoms with E-state index in [1.54, 1.807) is 21.6 Å². The van der Waals surface area contributed by atoms with Gasteiger partial charge in [-0.3, -0.25) is 9.20 Å². The number of aromatic nitrogens is 4. The van der Waals surface area contributed by atoms with E-state index in [0.717, 1.165) is 5.69 Å².